The Balaban J connectivity index is 1.11. The van der Waals surface area contributed by atoms with Crippen molar-refractivity contribution in [3.8, 4) is 11.1 Å². The number of carbonyl (C=O) groups excluding carboxylic acids is 2. The molecule has 0 aromatic heterocycles. The van der Waals surface area contributed by atoms with Crippen molar-refractivity contribution in [2.75, 3.05) is 13.2 Å². The molecule has 2 fully saturated rings. The van der Waals surface area contributed by atoms with Gasteiger partial charge in [-0.25, -0.2) is 4.79 Å². The number of carboxylic acids is 1. The van der Waals surface area contributed by atoms with Gasteiger partial charge in [-0.05, 0) is 54.4 Å². The summed E-state index contributed by atoms with van der Waals surface area (Å²) < 4.78 is 5.64. The minimum absolute atomic E-state index is 0.00685. The van der Waals surface area contributed by atoms with Gasteiger partial charge in [-0.1, -0.05) is 61.4 Å². The third kappa shape index (κ3) is 4.64. The second-order valence-corrected chi connectivity index (χ2v) is 10.2. The maximum Gasteiger partial charge on any atom is 0.407 e. The SMILES string of the molecule is O=C(N[C@H]1CC[C@@H](C(=O)NCC2(C(=O)O)CCCC2)C1)OCC1c2ccccc2-c2ccccc21. The Kier molecular flexibility index (Phi) is 6.50. The van der Waals surface area contributed by atoms with Crippen LogP contribution in [-0.2, 0) is 14.3 Å². The highest BCUT2D eigenvalue weighted by Gasteiger charge is 2.42. The number of aliphatic carboxylic acids is 1. The van der Waals surface area contributed by atoms with Gasteiger partial charge in [-0.15, -0.1) is 0 Å². The zero-order valence-electron chi connectivity index (χ0n) is 19.8. The molecule has 7 heteroatoms. The van der Waals surface area contributed by atoms with Gasteiger partial charge in [0.1, 0.15) is 6.61 Å². The van der Waals surface area contributed by atoms with E-state index in [1.165, 1.54) is 22.3 Å². The second-order valence-electron chi connectivity index (χ2n) is 10.2. The highest BCUT2D eigenvalue weighted by molar-refractivity contribution is 5.81. The molecule has 5 rings (SSSR count). The normalized spacial score (nSPS) is 22.3. The number of alkyl carbamates (subject to hydrolysis) is 1. The molecule has 0 bridgehead atoms. The summed E-state index contributed by atoms with van der Waals surface area (Å²) in [7, 11) is 0. The standard InChI is InChI=1S/C28H32N2O5/c31-25(29-17-28(26(32)33)13-5-6-14-28)18-11-12-19(15-18)30-27(34)35-16-24-22-9-3-1-7-20(22)21-8-2-4-10-23(21)24/h1-4,7-10,18-19,24H,5-6,11-17H2,(H,29,31)(H,30,34)(H,32,33)/t18-,19+/m1/s1. The largest absolute Gasteiger partial charge is 0.481 e. The summed E-state index contributed by atoms with van der Waals surface area (Å²) in [6.07, 6.45) is 4.44. The number of ether oxygens (including phenoxy) is 1. The Morgan fingerprint density at radius 2 is 1.57 bits per heavy atom. The number of carboxylic acid groups (broad SMARTS) is 1. The predicted molar refractivity (Wildman–Crippen MR) is 131 cm³/mol. The summed E-state index contributed by atoms with van der Waals surface area (Å²) in [6, 6.07) is 16.3. The molecule has 0 saturated heterocycles. The van der Waals surface area contributed by atoms with Gasteiger partial charge in [0.15, 0.2) is 0 Å². The van der Waals surface area contributed by atoms with Gasteiger partial charge in [0.2, 0.25) is 5.91 Å². The van der Waals surface area contributed by atoms with Crippen molar-refractivity contribution in [1.82, 2.24) is 10.6 Å². The van der Waals surface area contributed by atoms with Crippen LogP contribution in [0.5, 0.6) is 0 Å². The van der Waals surface area contributed by atoms with Crippen molar-refractivity contribution in [1.29, 1.82) is 0 Å². The van der Waals surface area contributed by atoms with Crippen LogP contribution in [0.4, 0.5) is 4.79 Å². The van der Waals surface area contributed by atoms with Gasteiger partial charge in [-0.3, -0.25) is 9.59 Å². The first-order valence-electron chi connectivity index (χ1n) is 12.6. The van der Waals surface area contributed by atoms with Crippen LogP contribution in [0.3, 0.4) is 0 Å². The van der Waals surface area contributed by atoms with E-state index in [-0.39, 0.29) is 36.9 Å². The van der Waals surface area contributed by atoms with Crippen LogP contribution in [0, 0.1) is 11.3 Å². The van der Waals surface area contributed by atoms with Crippen LogP contribution in [0.15, 0.2) is 48.5 Å². The topological polar surface area (TPSA) is 105 Å². The van der Waals surface area contributed by atoms with E-state index in [0.29, 0.717) is 32.1 Å². The first-order chi connectivity index (χ1) is 17.0. The highest BCUT2D eigenvalue weighted by atomic mass is 16.5. The minimum Gasteiger partial charge on any atom is -0.481 e. The fraction of sp³-hybridized carbons (Fsp3) is 0.464. The van der Waals surface area contributed by atoms with Crippen molar-refractivity contribution in [3.05, 3.63) is 59.7 Å². The number of carbonyl (C=O) groups is 3. The summed E-state index contributed by atoms with van der Waals surface area (Å²) in [5.74, 6) is -1.15. The number of benzene rings is 2. The van der Waals surface area contributed by atoms with Gasteiger partial charge in [0.25, 0.3) is 0 Å². The smallest absolute Gasteiger partial charge is 0.407 e. The molecule has 2 aromatic rings. The Morgan fingerprint density at radius 1 is 0.943 bits per heavy atom. The molecule has 184 valence electrons. The molecule has 3 aliphatic carbocycles. The molecule has 2 aromatic carbocycles. The Bertz CT molecular complexity index is 1080. The fourth-order valence-electron chi connectivity index (χ4n) is 6.08. The van der Waals surface area contributed by atoms with E-state index >= 15 is 0 Å². The van der Waals surface area contributed by atoms with Crippen LogP contribution >= 0.6 is 0 Å². The molecule has 2 atom stereocenters. The Labute approximate surface area is 205 Å². The first kappa shape index (κ1) is 23.4. The van der Waals surface area contributed by atoms with Crippen LogP contribution in [0.2, 0.25) is 0 Å². The van der Waals surface area contributed by atoms with E-state index in [2.05, 4.69) is 34.9 Å². The van der Waals surface area contributed by atoms with E-state index in [4.69, 9.17) is 4.74 Å². The summed E-state index contributed by atoms with van der Waals surface area (Å²) in [4.78, 5) is 37.0. The molecule has 0 spiro atoms. The lowest BCUT2D eigenvalue weighted by molar-refractivity contribution is -0.148. The van der Waals surface area contributed by atoms with Crippen molar-refractivity contribution in [2.45, 2.75) is 56.9 Å². The molecular formula is C28H32N2O5. The Morgan fingerprint density at radius 3 is 2.20 bits per heavy atom. The van der Waals surface area contributed by atoms with E-state index in [9.17, 15) is 19.5 Å². The number of nitrogens with one attached hydrogen (secondary N) is 2. The van der Waals surface area contributed by atoms with Crippen molar-refractivity contribution in [3.63, 3.8) is 0 Å². The minimum atomic E-state index is -0.826. The lowest BCUT2D eigenvalue weighted by atomic mass is 9.86. The van der Waals surface area contributed by atoms with Gasteiger partial charge in [0, 0.05) is 24.4 Å². The molecule has 7 nitrogen and oxygen atoms in total. The van der Waals surface area contributed by atoms with Gasteiger partial charge in [-0.2, -0.15) is 0 Å². The van der Waals surface area contributed by atoms with Crippen LogP contribution in [0.25, 0.3) is 11.1 Å². The predicted octanol–water partition coefficient (Wildman–Crippen LogP) is 4.46. The quantitative estimate of drug-likeness (QED) is 0.547. The first-order valence-corrected chi connectivity index (χ1v) is 12.6. The maximum absolute atomic E-state index is 12.7. The average Bonchev–Trinajstić information content (AvgIpc) is 3.60. The molecule has 3 N–H and O–H groups in total. The van der Waals surface area contributed by atoms with Gasteiger partial charge < -0.3 is 20.5 Å². The summed E-state index contributed by atoms with van der Waals surface area (Å²) in [6.45, 7) is 0.440. The summed E-state index contributed by atoms with van der Waals surface area (Å²) in [5.41, 5.74) is 3.88. The number of hydrogen-bond donors (Lipinski definition) is 3. The molecule has 35 heavy (non-hydrogen) atoms. The molecule has 0 aliphatic heterocycles. The van der Waals surface area contributed by atoms with Gasteiger partial charge >= 0.3 is 12.1 Å². The summed E-state index contributed by atoms with van der Waals surface area (Å²) >= 11 is 0. The zero-order chi connectivity index (χ0) is 24.4. The molecule has 0 heterocycles. The van der Waals surface area contributed by atoms with E-state index in [1.807, 2.05) is 24.3 Å². The molecule has 0 unspecified atom stereocenters. The number of amides is 2. The van der Waals surface area contributed by atoms with E-state index < -0.39 is 17.5 Å². The zero-order valence-corrected chi connectivity index (χ0v) is 19.8. The Hall–Kier alpha value is -3.35. The third-order valence-electron chi connectivity index (χ3n) is 8.08. The average molecular weight is 477 g/mol. The summed E-state index contributed by atoms with van der Waals surface area (Å²) in [5, 5.41) is 15.4. The van der Waals surface area contributed by atoms with Crippen molar-refractivity contribution in [2.24, 2.45) is 11.3 Å². The van der Waals surface area contributed by atoms with Crippen LogP contribution in [0.1, 0.15) is 62.0 Å². The number of hydrogen-bond acceptors (Lipinski definition) is 4. The third-order valence-corrected chi connectivity index (χ3v) is 8.08. The second kappa shape index (κ2) is 9.72. The lowest BCUT2D eigenvalue weighted by Gasteiger charge is -2.25. The highest BCUT2D eigenvalue weighted by Crippen LogP contribution is 2.44. The molecule has 2 saturated carbocycles. The van der Waals surface area contributed by atoms with E-state index in [1.54, 1.807) is 0 Å². The van der Waals surface area contributed by atoms with Crippen molar-refractivity contribution < 1.29 is 24.2 Å². The lowest BCUT2D eigenvalue weighted by Crippen LogP contribution is -2.43. The maximum atomic E-state index is 12.7. The van der Waals surface area contributed by atoms with E-state index in [0.717, 1.165) is 12.8 Å². The number of rotatable bonds is 7. The molecule has 3 aliphatic rings. The molecular weight excluding hydrogens is 444 g/mol. The van der Waals surface area contributed by atoms with Gasteiger partial charge in [0.05, 0.1) is 5.41 Å². The molecule has 0 radical (unpaired) electrons. The fourth-order valence-corrected chi connectivity index (χ4v) is 6.08. The van der Waals surface area contributed by atoms with Crippen LogP contribution in [-0.4, -0.2) is 42.3 Å². The molecule has 2 amide bonds. The number of fused-ring (bicyclic) bond motifs is 3. The van der Waals surface area contributed by atoms with Crippen LogP contribution < -0.4 is 10.6 Å². The monoisotopic (exact) mass is 476 g/mol. The van der Waals surface area contributed by atoms with Crippen molar-refractivity contribution >= 4 is 18.0 Å².